The van der Waals surface area contributed by atoms with Crippen LogP contribution in [0.15, 0.2) is 10.5 Å². The Morgan fingerprint density at radius 2 is 2.41 bits per heavy atom. The minimum Gasteiger partial charge on any atom is -0.312 e. The maximum atomic E-state index is 6.08. The first-order valence-corrected chi connectivity index (χ1v) is 8.10. The van der Waals surface area contributed by atoms with Crippen LogP contribution in [0.25, 0.3) is 0 Å². The second-order valence-corrected chi connectivity index (χ2v) is 7.58. The highest BCUT2D eigenvalue weighted by molar-refractivity contribution is 9.10. The second kappa shape index (κ2) is 5.17. The van der Waals surface area contributed by atoms with E-state index < -0.39 is 0 Å². The van der Waals surface area contributed by atoms with Crippen molar-refractivity contribution >= 4 is 38.9 Å². The average molecular weight is 336 g/mol. The number of piperidine rings is 1. The number of hydrogen-bond donors (Lipinski definition) is 1. The Hall–Kier alpha value is 0.390. The van der Waals surface area contributed by atoms with Gasteiger partial charge in [0, 0.05) is 35.0 Å². The highest BCUT2D eigenvalue weighted by Gasteiger charge is 2.34. The second-order valence-electron chi connectivity index (χ2n) is 4.99. The lowest BCUT2D eigenvalue weighted by molar-refractivity contribution is 0.315. The first-order chi connectivity index (χ1) is 8.22. The zero-order chi connectivity index (χ0) is 11.8. The molecule has 0 spiro atoms. The van der Waals surface area contributed by atoms with E-state index in [2.05, 4.69) is 32.2 Å². The van der Waals surface area contributed by atoms with Gasteiger partial charge in [-0.05, 0) is 47.3 Å². The van der Waals surface area contributed by atoms with Gasteiger partial charge in [0.2, 0.25) is 0 Å². The monoisotopic (exact) mass is 334 g/mol. The Labute approximate surface area is 119 Å². The summed E-state index contributed by atoms with van der Waals surface area (Å²) in [5.41, 5.74) is 0. The van der Waals surface area contributed by atoms with Crippen molar-refractivity contribution in [3.05, 3.63) is 19.8 Å². The lowest BCUT2D eigenvalue weighted by Crippen LogP contribution is -2.40. The molecule has 17 heavy (non-hydrogen) atoms. The summed E-state index contributed by atoms with van der Waals surface area (Å²) < 4.78 is 1.91. The summed E-state index contributed by atoms with van der Waals surface area (Å²) in [5, 5.41) is 3.64. The zero-order valence-electron chi connectivity index (χ0n) is 9.59. The highest BCUT2D eigenvalue weighted by Crippen LogP contribution is 2.34. The van der Waals surface area contributed by atoms with Crippen LogP contribution in [0.4, 0.5) is 0 Å². The van der Waals surface area contributed by atoms with Crippen molar-refractivity contribution in [3.8, 4) is 0 Å². The molecule has 3 rings (SSSR count). The van der Waals surface area contributed by atoms with Crippen LogP contribution in [-0.2, 0) is 6.54 Å². The van der Waals surface area contributed by atoms with Crippen LogP contribution >= 0.6 is 38.9 Å². The zero-order valence-corrected chi connectivity index (χ0v) is 12.7. The predicted molar refractivity (Wildman–Crippen MR) is 76.8 cm³/mol. The summed E-state index contributed by atoms with van der Waals surface area (Å²) >= 11 is 11.2. The van der Waals surface area contributed by atoms with Crippen LogP contribution in [0.2, 0.25) is 4.34 Å². The van der Waals surface area contributed by atoms with Gasteiger partial charge in [0.1, 0.15) is 4.34 Å². The lowest BCUT2D eigenvalue weighted by Gasteiger charge is -2.24. The Morgan fingerprint density at radius 3 is 3.12 bits per heavy atom. The summed E-state index contributed by atoms with van der Waals surface area (Å²) in [6, 6.07) is 2.88. The molecule has 2 nitrogen and oxygen atoms in total. The van der Waals surface area contributed by atoms with Gasteiger partial charge in [-0.3, -0.25) is 4.90 Å². The van der Waals surface area contributed by atoms with E-state index in [4.69, 9.17) is 11.6 Å². The fourth-order valence-corrected chi connectivity index (χ4v) is 4.79. The van der Waals surface area contributed by atoms with Gasteiger partial charge in [0.25, 0.3) is 0 Å². The van der Waals surface area contributed by atoms with Crippen molar-refractivity contribution in [2.45, 2.75) is 25.4 Å². The van der Waals surface area contributed by atoms with Crippen LogP contribution in [0.1, 0.15) is 17.7 Å². The molecule has 5 heteroatoms. The summed E-state index contributed by atoms with van der Waals surface area (Å²) in [6.45, 7) is 4.68. The molecule has 1 aromatic rings. The number of fused-ring (bicyclic) bond motifs is 1. The number of thiophene rings is 1. The van der Waals surface area contributed by atoms with Crippen molar-refractivity contribution in [1.29, 1.82) is 0 Å². The predicted octanol–water partition coefficient (Wildman–Crippen LogP) is 3.35. The normalized spacial score (nSPS) is 29.5. The molecule has 1 N–H and O–H groups in total. The van der Waals surface area contributed by atoms with Crippen molar-refractivity contribution in [2.75, 3.05) is 19.6 Å². The molecular weight excluding hydrogens is 320 g/mol. The molecule has 0 radical (unpaired) electrons. The molecule has 94 valence electrons. The van der Waals surface area contributed by atoms with Gasteiger partial charge in [0.15, 0.2) is 0 Å². The van der Waals surface area contributed by atoms with E-state index in [1.165, 1.54) is 37.4 Å². The third-order valence-electron chi connectivity index (χ3n) is 3.75. The Balaban J connectivity index is 1.63. The first-order valence-electron chi connectivity index (χ1n) is 6.12. The first kappa shape index (κ1) is 12.4. The largest absolute Gasteiger partial charge is 0.312 e. The fraction of sp³-hybridized carbons (Fsp3) is 0.667. The molecule has 2 saturated heterocycles. The Morgan fingerprint density at radius 1 is 1.53 bits per heavy atom. The van der Waals surface area contributed by atoms with E-state index in [0.29, 0.717) is 0 Å². The van der Waals surface area contributed by atoms with E-state index in [1.54, 1.807) is 11.3 Å². The van der Waals surface area contributed by atoms with E-state index in [0.717, 1.165) is 27.3 Å². The Kier molecular flexibility index (Phi) is 3.78. The quantitative estimate of drug-likeness (QED) is 0.891. The van der Waals surface area contributed by atoms with Crippen molar-refractivity contribution < 1.29 is 0 Å². The van der Waals surface area contributed by atoms with E-state index in [-0.39, 0.29) is 0 Å². The average Bonchev–Trinajstić information content (AvgIpc) is 2.83. The molecule has 0 saturated carbocycles. The SMILES string of the molecule is Clc1sc(CN2C[C@@H]3CCCN[C@@H]3C2)cc1Br. The van der Waals surface area contributed by atoms with Gasteiger partial charge in [-0.2, -0.15) is 0 Å². The van der Waals surface area contributed by atoms with Crippen molar-refractivity contribution in [2.24, 2.45) is 5.92 Å². The van der Waals surface area contributed by atoms with Gasteiger partial charge < -0.3 is 5.32 Å². The van der Waals surface area contributed by atoms with Crippen LogP contribution in [0.3, 0.4) is 0 Å². The maximum absolute atomic E-state index is 6.08. The van der Waals surface area contributed by atoms with Crippen LogP contribution in [-0.4, -0.2) is 30.6 Å². The lowest BCUT2D eigenvalue weighted by atomic mass is 9.94. The minimum atomic E-state index is 0.725. The standard InChI is InChI=1S/C12H16BrClN2S/c13-10-4-9(17-12(10)14)6-16-5-8-2-1-3-15-11(8)7-16/h4,8,11,15H,1-3,5-7H2/t8-,11+/m0/s1. The molecule has 0 aromatic carbocycles. The Bertz CT molecular complexity index is 376. The van der Waals surface area contributed by atoms with Gasteiger partial charge in [-0.25, -0.2) is 0 Å². The van der Waals surface area contributed by atoms with Gasteiger partial charge in [0.05, 0.1) is 0 Å². The number of rotatable bonds is 2. The van der Waals surface area contributed by atoms with Gasteiger partial charge in [-0.1, -0.05) is 11.6 Å². The van der Waals surface area contributed by atoms with E-state index in [9.17, 15) is 0 Å². The molecule has 2 atom stereocenters. The number of likely N-dealkylation sites (tertiary alicyclic amines) is 1. The number of nitrogens with one attached hydrogen (secondary N) is 1. The molecule has 0 bridgehead atoms. The fourth-order valence-electron chi connectivity index (χ4n) is 2.95. The molecule has 1 aromatic heterocycles. The van der Waals surface area contributed by atoms with Crippen LogP contribution in [0.5, 0.6) is 0 Å². The summed E-state index contributed by atoms with van der Waals surface area (Å²) in [4.78, 5) is 3.92. The van der Waals surface area contributed by atoms with Crippen LogP contribution < -0.4 is 5.32 Å². The summed E-state index contributed by atoms with van der Waals surface area (Å²) in [7, 11) is 0. The number of halogens is 2. The molecule has 0 unspecified atom stereocenters. The molecule has 3 heterocycles. The summed E-state index contributed by atoms with van der Waals surface area (Å²) in [5.74, 6) is 0.864. The smallest absolute Gasteiger partial charge is 0.107 e. The topological polar surface area (TPSA) is 15.3 Å². The molecule has 0 aliphatic carbocycles. The van der Waals surface area contributed by atoms with Crippen LogP contribution in [0, 0.1) is 5.92 Å². The van der Waals surface area contributed by atoms with Gasteiger partial charge in [-0.15, -0.1) is 11.3 Å². The van der Waals surface area contributed by atoms with Crippen molar-refractivity contribution in [1.82, 2.24) is 10.2 Å². The van der Waals surface area contributed by atoms with E-state index in [1.807, 2.05) is 0 Å². The highest BCUT2D eigenvalue weighted by atomic mass is 79.9. The third kappa shape index (κ3) is 2.71. The number of hydrogen-bond acceptors (Lipinski definition) is 3. The maximum Gasteiger partial charge on any atom is 0.107 e. The minimum absolute atomic E-state index is 0.725. The molecule has 2 aliphatic rings. The van der Waals surface area contributed by atoms with E-state index >= 15 is 0 Å². The van der Waals surface area contributed by atoms with Crippen molar-refractivity contribution in [3.63, 3.8) is 0 Å². The summed E-state index contributed by atoms with van der Waals surface area (Å²) in [6.07, 6.45) is 2.73. The third-order valence-corrected chi connectivity index (χ3v) is 6.21. The molecule has 0 amide bonds. The molecule has 2 aliphatic heterocycles. The van der Waals surface area contributed by atoms with Gasteiger partial charge >= 0.3 is 0 Å². The molecule has 2 fully saturated rings. The molecular formula is C12H16BrClN2S. The number of nitrogens with zero attached hydrogens (tertiary/aromatic N) is 1.